The lowest BCUT2D eigenvalue weighted by Crippen LogP contribution is -2.36. The van der Waals surface area contributed by atoms with Gasteiger partial charge in [0.05, 0.1) is 6.04 Å². The molecule has 0 aromatic heterocycles. The van der Waals surface area contributed by atoms with E-state index < -0.39 is 0 Å². The molecule has 0 fully saturated rings. The summed E-state index contributed by atoms with van der Waals surface area (Å²) in [6, 6.07) is 0.574. The maximum absolute atomic E-state index is 3.10. The van der Waals surface area contributed by atoms with Crippen LogP contribution in [0, 0.1) is 5.92 Å². The van der Waals surface area contributed by atoms with Crippen molar-refractivity contribution in [1.82, 2.24) is 10.4 Å². The molecular weight excluding hydrogens is 112 g/mol. The SMILES string of the molecule is CC(C)C1C=CNN1C. The smallest absolute Gasteiger partial charge is 0.0507 e. The zero-order valence-electron chi connectivity index (χ0n) is 6.26. The van der Waals surface area contributed by atoms with Crippen LogP contribution in [0.3, 0.4) is 0 Å². The van der Waals surface area contributed by atoms with Gasteiger partial charge >= 0.3 is 0 Å². The molecule has 52 valence electrons. The maximum atomic E-state index is 3.10. The lowest BCUT2D eigenvalue weighted by molar-refractivity contribution is 0.211. The monoisotopic (exact) mass is 126 g/mol. The van der Waals surface area contributed by atoms with Gasteiger partial charge in [0.2, 0.25) is 0 Å². The van der Waals surface area contributed by atoms with E-state index >= 15 is 0 Å². The highest BCUT2D eigenvalue weighted by atomic mass is 15.5. The first-order valence-corrected chi connectivity index (χ1v) is 3.37. The van der Waals surface area contributed by atoms with Crippen LogP contribution in [0.2, 0.25) is 0 Å². The minimum absolute atomic E-state index is 0.574. The largest absolute Gasteiger partial charge is 0.326 e. The number of rotatable bonds is 1. The van der Waals surface area contributed by atoms with E-state index in [4.69, 9.17) is 0 Å². The molecule has 0 aromatic carbocycles. The third kappa shape index (κ3) is 1.24. The molecule has 2 nitrogen and oxygen atoms in total. The first-order chi connectivity index (χ1) is 4.22. The van der Waals surface area contributed by atoms with Gasteiger partial charge in [-0.15, -0.1) is 0 Å². The van der Waals surface area contributed by atoms with E-state index in [0.29, 0.717) is 12.0 Å². The number of nitrogens with zero attached hydrogens (tertiary/aromatic N) is 1. The fraction of sp³-hybridized carbons (Fsp3) is 0.714. The number of hydrazine groups is 1. The van der Waals surface area contributed by atoms with Gasteiger partial charge in [-0.25, -0.2) is 5.01 Å². The second-order valence-corrected chi connectivity index (χ2v) is 2.83. The molecule has 0 aromatic rings. The summed E-state index contributed by atoms with van der Waals surface area (Å²) in [6.07, 6.45) is 4.18. The van der Waals surface area contributed by atoms with Gasteiger partial charge in [0, 0.05) is 13.2 Å². The lowest BCUT2D eigenvalue weighted by Gasteiger charge is -2.22. The van der Waals surface area contributed by atoms with Crippen molar-refractivity contribution in [3.63, 3.8) is 0 Å². The van der Waals surface area contributed by atoms with Gasteiger partial charge in [0.15, 0.2) is 0 Å². The number of likely N-dealkylation sites (N-methyl/N-ethyl adjacent to an activating group) is 1. The Kier molecular flexibility index (Phi) is 1.76. The summed E-state index contributed by atoms with van der Waals surface area (Å²) in [5.74, 6) is 0.696. The third-order valence-corrected chi connectivity index (χ3v) is 1.70. The predicted molar refractivity (Wildman–Crippen MR) is 38.7 cm³/mol. The number of nitrogens with one attached hydrogen (secondary N) is 1. The molecule has 0 saturated carbocycles. The summed E-state index contributed by atoms with van der Waals surface area (Å²) in [5.41, 5.74) is 3.10. The summed E-state index contributed by atoms with van der Waals surface area (Å²) < 4.78 is 0. The lowest BCUT2D eigenvalue weighted by atomic mass is 10.1. The first kappa shape index (κ1) is 6.62. The van der Waals surface area contributed by atoms with E-state index in [1.54, 1.807) is 0 Å². The molecule has 1 atom stereocenters. The van der Waals surface area contributed by atoms with E-state index in [9.17, 15) is 0 Å². The van der Waals surface area contributed by atoms with Gasteiger partial charge in [-0.1, -0.05) is 13.8 Å². The van der Waals surface area contributed by atoms with Gasteiger partial charge in [-0.3, -0.25) is 0 Å². The molecule has 1 heterocycles. The minimum atomic E-state index is 0.574. The van der Waals surface area contributed by atoms with Gasteiger partial charge < -0.3 is 5.43 Å². The molecule has 1 unspecified atom stereocenters. The molecule has 1 aliphatic rings. The zero-order valence-corrected chi connectivity index (χ0v) is 6.26. The minimum Gasteiger partial charge on any atom is -0.326 e. The van der Waals surface area contributed by atoms with Crippen molar-refractivity contribution in [3.8, 4) is 0 Å². The second-order valence-electron chi connectivity index (χ2n) is 2.83. The average molecular weight is 126 g/mol. The van der Waals surface area contributed by atoms with Crippen LogP contribution in [-0.2, 0) is 0 Å². The van der Waals surface area contributed by atoms with Crippen molar-refractivity contribution in [2.45, 2.75) is 19.9 Å². The molecule has 0 radical (unpaired) electrons. The molecule has 0 amide bonds. The Bertz CT molecular complexity index is 118. The fourth-order valence-electron chi connectivity index (χ4n) is 1.14. The third-order valence-electron chi connectivity index (χ3n) is 1.70. The Morgan fingerprint density at radius 2 is 2.22 bits per heavy atom. The highest BCUT2D eigenvalue weighted by molar-refractivity contribution is 4.98. The molecule has 0 bridgehead atoms. The summed E-state index contributed by atoms with van der Waals surface area (Å²) in [5, 5.41) is 2.12. The first-order valence-electron chi connectivity index (χ1n) is 3.37. The highest BCUT2D eigenvalue weighted by Gasteiger charge is 2.17. The van der Waals surface area contributed by atoms with Crippen LogP contribution in [-0.4, -0.2) is 18.1 Å². The molecule has 0 spiro atoms. The van der Waals surface area contributed by atoms with Gasteiger partial charge in [0.1, 0.15) is 0 Å². The van der Waals surface area contributed by atoms with Crippen LogP contribution >= 0.6 is 0 Å². The van der Waals surface area contributed by atoms with E-state index in [1.165, 1.54) is 0 Å². The molecule has 1 aliphatic heterocycles. The topological polar surface area (TPSA) is 15.3 Å². The van der Waals surface area contributed by atoms with E-state index in [-0.39, 0.29) is 0 Å². The van der Waals surface area contributed by atoms with Crippen LogP contribution < -0.4 is 5.43 Å². The quantitative estimate of drug-likeness (QED) is 0.563. The molecule has 0 aliphatic carbocycles. The highest BCUT2D eigenvalue weighted by Crippen LogP contribution is 2.11. The van der Waals surface area contributed by atoms with Crippen molar-refractivity contribution < 1.29 is 0 Å². The Labute approximate surface area is 56.5 Å². The van der Waals surface area contributed by atoms with Crippen molar-refractivity contribution in [1.29, 1.82) is 0 Å². The average Bonchev–Trinajstić information content (AvgIpc) is 2.13. The molecule has 0 saturated heterocycles. The van der Waals surface area contributed by atoms with Crippen molar-refractivity contribution >= 4 is 0 Å². The van der Waals surface area contributed by atoms with Crippen LogP contribution in [0.4, 0.5) is 0 Å². The molecule has 9 heavy (non-hydrogen) atoms. The summed E-state index contributed by atoms with van der Waals surface area (Å²) in [4.78, 5) is 0. The van der Waals surface area contributed by atoms with E-state index in [1.807, 2.05) is 6.20 Å². The van der Waals surface area contributed by atoms with Crippen LogP contribution in [0.1, 0.15) is 13.8 Å². The molecule has 1 rings (SSSR count). The van der Waals surface area contributed by atoms with Crippen LogP contribution in [0.15, 0.2) is 12.3 Å². The summed E-state index contributed by atoms with van der Waals surface area (Å²) in [6.45, 7) is 4.44. The standard InChI is InChI=1S/C7H14N2/c1-6(2)7-4-5-8-9(7)3/h4-8H,1-3H3. The summed E-state index contributed by atoms with van der Waals surface area (Å²) >= 11 is 0. The maximum Gasteiger partial charge on any atom is 0.0507 e. The molecular formula is C7H14N2. The van der Waals surface area contributed by atoms with Gasteiger partial charge in [-0.05, 0) is 12.0 Å². The normalized spacial score (nSPS) is 27.3. The fourth-order valence-corrected chi connectivity index (χ4v) is 1.14. The van der Waals surface area contributed by atoms with Crippen molar-refractivity contribution in [2.24, 2.45) is 5.92 Å². The predicted octanol–water partition coefficient (Wildman–Crippen LogP) is 0.975. The van der Waals surface area contributed by atoms with Crippen molar-refractivity contribution in [3.05, 3.63) is 12.3 Å². The van der Waals surface area contributed by atoms with Gasteiger partial charge in [-0.2, -0.15) is 0 Å². The van der Waals surface area contributed by atoms with Crippen LogP contribution in [0.25, 0.3) is 0 Å². The van der Waals surface area contributed by atoms with Gasteiger partial charge in [0.25, 0.3) is 0 Å². The Morgan fingerprint density at radius 3 is 2.44 bits per heavy atom. The Morgan fingerprint density at radius 1 is 1.56 bits per heavy atom. The number of hydrogen-bond acceptors (Lipinski definition) is 2. The zero-order chi connectivity index (χ0) is 6.85. The Balaban J connectivity index is 2.49. The second kappa shape index (κ2) is 2.40. The summed E-state index contributed by atoms with van der Waals surface area (Å²) in [7, 11) is 2.06. The van der Waals surface area contributed by atoms with Crippen LogP contribution in [0.5, 0.6) is 0 Å². The van der Waals surface area contributed by atoms with E-state index in [2.05, 4.69) is 37.4 Å². The van der Waals surface area contributed by atoms with E-state index in [0.717, 1.165) is 0 Å². The molecule has 1 N–H and O–H groups in total. The van der Waals surface area contributed by atoms with Crippen molar-refractivity contribution in [2.75, 3.05) is 7.05 Å². The Hall–Kier alpha value is -0.500. The molecule has 2 heteroatoms. The number of hydrogen-bond donors (Lipinski definition) is 1.